The Hall–Kier alpha value is -4.21. The molecule has 1 N–H and O–H groups in total. The van der Waals surface area contributed by atoms with Gasteiger partial charge in [-0.3, -0.25) is 9.59 Å². The molecule has 0 atom stereocenters. The fourth-order valence-electron chi connectivity index (χ4n) is 3.05. The summed E-state index contributed by atoms with van der Waals surface area (Å²) in [5.74, 6) is 0.553. The van der Waals surface area contributed by atoms with Gasteiger partial charge in [-0.2, -0.15) is 0 Å². The number of amides is 1. The summed E-state index contributed by atoms with van der Waals surface area (Å²) in [5, 5.41) is 2.55. The fourth-order valence-corrected chi connectivity index (χ4v) is 3.05. The molecule has 0 saturated heterocycles. The number of nitrogens with one attached hydrogen (secondary N) is 1. The Kier molecular flexibility index (Phi) is 7.39. The largest absolute Gasteiger partial charge is 0.496 e. The number of carbonyl (C=O) groups excluding carboxylic acids is 3. The van der Waals surface area contributed by atoms with Crippen LogP contribution in [-0.2, 0) is 14.3 Å². The first-order valence-corrected chi connectivity index (χ1v) is 9.75. The van der Waals surface area contributed by atoms with E-state index in [2.05, 4.69) is 5.32 Å². The van der Waals surface area contributed by atoms with Gasteiger partial charge in [0.25, 0.3) is 5.91 Å². The van der Waals surface area contributed by atoms with Crippen LogP contribution >= 0.6 is 0 Å². The van der Waals surface area contributed by atoms with Gasteiger partial charge in [0.2, 0.25) is 6.79 Å². The van der Waals surface area contributed by atoms with Crippen LogP contribution in [0, 0.1) is 0 Å². The quantitative estimate of drug-likeness (QED) is 0.344. The van der Waals surface area contributed by atoms with Crippen LogP contribution < -0.4 is 29.0 Å². The highest BCUT2D eigenvalue weighted by Gasteiger charge is 2.20. The highest BCUT2D eigenvalue weighted by molar-refractivity contribution is 6.05. The summed E-state index contributed by atoms with van der Waals surface area (Å²) in [6, 6.07) is 6.24. The van der Waals surface area contributed by atoms with E-state index < -0.39 is 18.5 Å². The molecule has 0 fully saturated rings. The first-order valence-electron chi connectivity index (χ1n) is 9.75. The molecule has 3 rings (SSSR count). The number of methoxy groups -OCH3 is 3. The molecule has 10 heteroatoms. The predicted molar refractivity (Wildman–Crippen MR) is 117 cm³/mol. The standard InChI is InChI=1S/C23H23NO9/c1-13(25)15-8-20-21(33-12-32-20)9-16(15)24-22(26)11-31-23(27)6-5-14-7-18(29-3)19(30-4)10-17(14)28-2/h5-10H,11-12H2,1-4H3,(H,24,26)/b6-5+. The summed E-state index contributed by atoms with van der Waals surface area (Å²) in [5.41, 5.74) is 1.03. The van der Waals surface area contributed by atoms with Gasteiger partial charge in [0.15, 0.2) is 35.4 Å². The van der Waals surface area contributed by atoms with Crippen LogP contribution in [0.2, 0.25) is 0 Å². The maximum atomic E-state index is 12.3. The van der Waals surface area contributed by atoms with Crippen molar-refractivity contribution in [1.29, 1.82) is 0 Å². The molecule has 0 bridgehead atoms. The van der Waals surface area contributed by atoms with E-state index in [1.54, 1.807) is 12.1 Å². The molecule has 0 saturated carbocycles. The molecule has 0 unspecified atom stereocenters. The van der Waals surface area contributed by atoms with E-state index in [1.807, 2.05) is 0 Å². The van der Waals surface area contributed by atoms with Crippen molar-refractivity contribution in [2.45, 2.75) is 6.92 Å². The maximum Gasteiger partial charge on any atom is 0.331 e. The molecule has 0 spiro atoms. The Labute approximate surface area is 190 Å². The first-order chi connectivity index (χ1) is 15.9. The van der Waals surface area contributed by atoms with E-state index in [-0.39, 0.29) is 23.8 Å². The number of rotatable bonds is 9. The number of hydrogen-bond acceptors (Lipinski definition) is 9. The second kappa shape index (κ2) is 10.4. The highest BCUT2D eigenvalue weighted by Crippen LogP contribution is 2.37. The topological polar surface area (TPSA) is 119 Å². The lowest BCUT2D eigenvalue weighted by atomic mass is 10.1. The molecule has 1 heterocycles. The lowest BCUT2D eigenvalue weighted by Crippen LogP contribution is -2.21. The van der Waals surface area contributed by atoms with Gasteiger partial charge in [0, 0.05) is 29.3 Å². The molecule has 0 radical (unpaired) electrons. The zero-order chi connectivity index (χ0) is 24.0. The Balaban J connectivity index is 1.63. The maximum absolute atomic E-state index is 12.3. The zero-order valence-electron chi connectivity index (χ0n) is 18.6. The van der Waals surface area contributed by atoms with Crippen LogP contribution in [0.4, 0.5) is 5.69 Å². The molecular weight excluding hydrogens is 434 g/mol. The third kappa shape index (κ3) is 5.53. The lowest BCUT2D eigenvalue weighted by molar-refractivity contribution is -0.142. The van der Waals surface area contributed by atoms with E-state index in [1.165, 1.54) is 46.5 Å². The summed E-state index contributed by atoms with van der Waals surface area (Å²) < 4.78 is 31.3. The Morgan fingerprint density at radius 2 is 1.58 bits per heavy atom. The minimum atomic E-state index is -0.750. The lowest BCUT2D eigenvalue weighted by Gasteiger charge is -2.12. The smallest absolute Gasteiger partial charge is 0.331 e. The van der Waals surface area contributed by atoms with E-state index in [9.17, 15) is 14.4 Å². The van der Waals surface area contributed by atoms with E-state index in [0.29, 0.717) is 34.3 Å². The van der Waals surface area contributed by atoms with Crippen molar-refractivity contribution in [2.24, 2.45) is 0 Å². The second-order valence-corrected chi connectivity index (χ2v) is 6.75. The van der Waals surface area contributed by atoms with Gasteiger partial charge < -0.3 is 33.7 Å². The molecule has 10 nitrogen and oxygen atoms in total. The molecule has 33 heavy (non-hydrogen) atoms. The average molecular weight is 457 g/mol. The van der Waals surface area contributed by atoms with Gasteiger partial charge in [-0.05, 0) is 25.1 Å². The van der Waals surface area contributed by atoms with Gasteiger partial charge >= 0.3 is 5.97 Å². The summed E-state index contributed by atoms with van der Waals surface area (Å²) in [4.78, 5) is 36.3. The Morgan fingerprint density at radius 1 is 0.939 bits per heavy atom. The van der Waals surface area contributed by atoms with Gasteiger partial charge in [-0.25, -0.2) is 4.79 Å². The summed E-state index contributed by atoms with van der Waals surface area (Å²) >= 11 is 0. The number of esters is 1. The third-order valence-corrected chi connectivity index (χ3v) is 4.65. The molecule has 2 aromatic rings. The van der Waals surface area contributed by atoms with E-state index in [4.69, 9.17) is 28.4 Å². The number of hydrogen-bond donors (Lipinski definition) is 1. The van der Waals surface area contributed by atoms with Gasteiger partial charge in [-0.1, -0.05) is 0 Å². The summed E-state index contributed by atoms with van der Waals surface area (Å²) in [6.07, 6.45) is 2.62. The predicted octanol–water partition coefficient (Wildman–Crippen LogP) is 2.84. The van der Waals surface area contributed by atoms with Crippen molar-refractivity contribution >= 4 is 29.4 Å². The van der Waals surface area contributed by atoms with Crippen molar-refractivity contribution in [3.05, 3.63) is 41.5 Å². The molecule has 2 aromatic carbocycles. The van der Waals surface area contributed by atoms with Crippen molar-refractivity contribution in [3.63, 3.8) is 0 Å². The number of ketones is 1. The van der Waals surface area contributed by atoms with Crippen LogP contribution in [0.25, 0.3) is 6.08 Å². The highest BCUT2D eigenvalue weighted by atomic mass is 16.7. The Bertz CT molecular complexity index is 1110. The SMILES string of the molecule is COc1cc(OC)c(OC)cc1/C=C/C(=O)OCC(=O)Nc1cc2c(cc1C(C)=O)OCO2. The van der Waals surface area contributed by atoms with Crippen LogP contribution in [0.1, 0.15) is 22.8 Å². The van der Waals surface area contributed by atoms with Crippen LogP contribution in [0.5, 0.6) is 28.7 Å². The molecule has 0 aliphatic carbocycles. The number of ether oxygens (including phenoxy) is 6. The number of fused-ring (bicyclic) bond motifs is 1. The molecule has 1 amide bonds. The van der Waals surface area contributed by atoms with Crippen LogP contribution in [0.15, 0.2) is 30.3 Å². The van der Waals surface area contributed by atoms with Crippen molar-refractivity contribution < 1.29 is 42.8 Å². The van der Waals surface area contributed by atoms with Crippen LogP contribution in [0.3, 0.4) is 0 Å². The molecular formula is C23H23NO9. The summed E-state index contributed by atoms with van der Waals surface area (Å²) in [7, 11) is 4.47. The number of anilines is 1. The minimum absolute atomic E-state index is 0.0267. The average Bonchev–Trinajstić information content (AvgIpc) is 3.27. The number of carbonyl (C=O) groups is 3. The van der Waals surface area contributed by atoms with Crippen molar-refractivity contribution in [1.82, 2.24) is 0 Å². The van der Waals surface area contributed by atoms with Gasteiger partial charge in [0.05, 0.1) is 27.0 Å². The monoisotopic (exact) mass is 457 g/mol. The fraction of sp³-hybridized carbons (Fsp3) is 0.261. The second-order valence-electron chi connectivity index (χ2n) is 6.75. The normalized spacial score (nSPS) is 11.8. The minimum Gasteiger partial charge on any atom is -0.496 e. The number of Topliss-reactive ketones (excluding diaryl/α,β-unsaturated/α-hetero) is 1. The van der Waals surface area contributed by atoms with E-state index in [0.717, 1.165) is 6.08 Å². The zero-order valence-corrected chi connectivity index (χ0v) is 18.6. The summed E-state index contributed by atoms with van der Waals surface area (Å²) in [6.45, 7) is 0.831. The number of benzene rings is 2. The Morgan fingerprint density at radius 3 is 2.21 bits per heavy atom. The van der Waals surface area contributed by atoms with Gasteiger partial charge in [-0.15, -0.1) is 0 Å². The van der Waals surface area contributed by atoms with Crippen molar-refractivity contribution in [3.8, 4) is 28.7 Å². The van der Waals surface area contributed by atoms with Crippen LogP contribution in [-0.4, -0.2) is 52.4 Å². The molecule has 174 valence electrons. The third-order valence-electron chi connectivity index (χ3n) is 4.65. The van der Waals surface area contributed by atoms with Crippen molar-refractivity contribution in [2.75, 3.05) is 40.0 Å². The molecule has 1 aliphatic rings. The molecule has 0 aromatic heterocycles. The first kappa shape index (κ1) is 23.5. The van der Waals surface area contributed by atoms with Gasteiger partial charge in [0.1, 0.15) is 5.75 Å². The molecule has 1 aliphatic heterocycles. The van der Waals surface area contributed by atoms with E-state index >= 15 is 0 Å².